The van der Waals surface area contributed by atoms with Gasteiger partial charge in [0.05, 0.1) is 19.8 Å². The van der Waals surface area contributed by atoms with Gasteiger partial charge in [-0.05, 0) is 45.4 Å². The minimum atomic E-state index is -0.902. The Hall–Kier alpha value is -0.160. The normalized spacial score (nSPS) is 14.4. The summed E-state index contributed by atoms with van der Waals surface area (Å²) in [6.07, 6.45) is 13.7. The van der Waals surface area contributed by atoms with Crippen molar-refractivity contribution >= 4 is 0 Å². The van der Waals surface area contributed by atoms with E-state index < -0.39 is 5.97 Å². The Morgan fingerprint density at radius 1 is 0.630 bits per heavy atom. The Morgan fingerprint density at radius 3 is 1.56 bits per heavy atom. The largest absolute Gasteiger partial charge is 0.328 e. The standard InChI is InChI=1S/C23H49NO3/c1-6-10-11-12-13-14-15-22(17-16-21(5)24)23(25-18-7-2,26-19-8-3)27-20-9-4/h21-22H,6-20,24H2,1-5H3. The lowest BCUT2D eigenvalue weighted by molar-refractivity contribution is -0.406. The van der Waals surface area contributed by atoms with E-state index in [4.69, 9.17) is 19.9 Å². The van der Waals surface area contributed by atoms with E-state index in [9.17, 15) is 0 Å². The fourth-order valence-corrected chi connectivity index (χ4v) is 3.34. The van der Waals surface area contributed by atoms with Crippen molar-refractivity contribution < 1.29 is 14.2 Å². The third kappa shape index (κ3) is 12.8. The highest BCUT2D eigenvalue weighted by molar-refractivity contribution is 4.75. The Balaban J connectivity index is 5.10. The van der Waals surface area contributed by atoms with Crippen molar-refractivity contribution in [3.8, 4) is 0 Å². The van der Waals surface area contributed by atoms with Crippen LogP contribution in [0.3, 0.4) is 0 Å². The van der Waals surface area contributed by atoms with Crippen LogP contribution in [0.2, 0.25) is 0 Å². The summed E-state index contributed by atoms with van der Waals surface area (Å²) in [6.45, 7) is 12.7. The second-order valence-electron chi connectivity index (χ2n) is 7.96. The molecule has 0 aliphatic heterocycles. The Labute approximate surface area is 169 Å². The van der Waals surface area contributed by atoms with Gasteiger partial charge in [0.25, 0.3) is 5.97 Å². The lowest BCUT2D eigenvalue weighted by Gasteiger charge is -2.40. The molecule has 0 saturated carbocycles. The number of ether oxygens (including phenoxy) is 3. The molecule has 0 saturated heterocycles. The van der Waals surface area contributed by atoms with Crippen molar-refractivity contribution in [2.75, 3.05) is 19.8 Å². The summed E-state index contributed by atoms with van der Waals surface area (Å²) < 4.78 is 18.9. The van der Waals surface area contributed by atoms with Crippen LogP contribution in [0.25, 0.3) is 0 Å². The second kappa shape index (κ2) is 17.9. The molecule has 0 amide bonds. The summed E-state index contributed by atoms with van der Waals surface area (Å²) in [5, 5.41) is 0. The van der Waals surface area contributed by atoms with Gasteiger partial charge in [-0.1, -0.05) is 66.2 Å². The van der Waals surface area contributed by atoms with E-state index in [0.717, 1.165) is 38.5 Å². The van der Waals surface area contributed by atoms with Crippen LogP contribution in [0.1, 0.15) is 112 Å². The van der Waals surface area contributed by atoms with Crippen LogP contribution in [-0.4, -0.2) is 31.8 Å². The van der Waals surface area contributed by atoms with Crippen LogP contribution in [0.5, 0.6) is 0 Å². The van der Waals surface area contributed by atoms with E-state index in [-0.39, 0.29) is 12.0 Å². The highest BCUT2D eigenvalue weighted by Gasteiger charge is 2.42. The zero-order valence-electron chi connectivity index (χ0n) is 19.1. The van der Waals surface area contributed by atoms with Crippen LogP contribution in [0, 0.1) is 5.92 Å². The van der Waals surface area contributed by atoms with Crippen molar-refractivity contribution in [2.45, 2.75) is 124 Å². The van der Waals surface area contributed by atoms with Crippen molar-refractivity contribution in [2.24, 2.45) is 11.7 Å². The molecule has 164 valence electrons. The van der Waals surface area contributed by atoms with Crippen LogP contribution in [0.4, 0.5) is 0 Å². The van der Waals surface area contributed by atoms with Gasteiger partial charge in [0.2, 0.25) is 0 Å². The lowest BCUT2D eigenvalue weighted by Crippen LogP contribution is -2.47. The molecular formula is C23H49NO3. The molecule has 0 aliphatic rings. The summed E-state index contributed by atoms with van der Waals surface area (Å²) >= 11 is 0. The molecule has 0 bridgehead atoms. The number of hydrogen-bond acceptors (Lipinski definition) is 4. The topological polar surface area (TPSA) is 53.7 Å². The number of unbranched alkanes of at least 4 members (excludes halogenated alkanes) is 5. The molecule has 0 heterocycles. The lowest BCUT2D eigenvalue weighted by atomic mass is 9.91. The van der Waals surface area contributed by atoms with Gasteiger partial charge in [0, 0.05) is 12.0 Å². The van der Waals surface area contributed by atoms with E-state index in [1.54, 1.807) is 0 Å². The smallest absolute Gasteiger partial charge is 0.285 e. The van der Waals surface area contributed by atoms with Crippen molar-refractivity contribution in [1.82, 2.24) is 0 Å². The minimum Gasteiger partial charge on any atom is -0.328 e. The summed E-state index contributed by atoms with van der Waals surface area (Å²) in [5.74, 6) is -0.667. The molecule has 27 heavy (non-hydrogen) atoms. The Kier molecular flexibility index (Phi) is 17.8. The quantitative estimate of drug-likeness (QED) is 0.194. The molecule has 0 aromatic rings. The van der Waals surface area contributed by atoms with Crippen molar-refractivity contribution in [3.63, 3.8) is 0 Å². The summed E-state index contributed by atoms with van der Waals surface area (Å²) in [5.41, 5.74) is 6.07. The average Bonchev–Trinajstić information content (AvgIpc) is 2.66. The summed E-state index contributed by atoms with van der Waals surface area (Å²) in [7, 11) is 0. The van der Waals surface area contributed by atoms with Gasteiger partial charge in [0.1, 0.15) is 0 Å². The van der Waals surface area contributed by atoms with E-state index in [1.807, 2.05) is 0 Å². The number of hydrogen-bond donors (Lipinski definition) is 1. The summed E-state index contributed by atoms with van der Waals surface area (Å²) in [4.78, 5) is 0. The summed E-state index contributed by atoms with van der Waals surface area (Å²) in [6, 6.07) is 0.193. The molecular weight excluding hydrogens is 338 g/mol. The van der Waals surface area contributed by atoms with Crippen LogP contribution >= 0.6 is 0 Å². The van der Waals surface area contributed by atoms with Crippen LogP contribution < -0.4 is 5.73 Å². The molecule has 2 N–H and O–H groups in total. The van der Waals surface area contributed by atoms with Gasteiger partial charge in [-0.3, -0.25) is 0 Å². The van der Waals surface area contributed by atoms with Gasteiger partial charge < -0.3 is 19.9 Å². The highest BCUT2D eigenvalue weighted by atomic mass is 16.9. The second-order valence-corrected chi connectivity index (χ2v) is 7.96. The van der Waals surface area contributed by atoms with E-state index in [0.29, 0.717) is 19.8 Å². The zero-order valence-corrected chi connectivity index (χ0v) is 19.1. The fraction of sp³-hybridized carbons (Fsp3) is 1.00. The monoisotopic (exact) mass is 387 g/mol. The SMILES string of the molecule is CCCCCCCCC(CCC(C)N)C(OCCC)(OCCC)OCCC. The predicted octanol–water partition coefficient (Wildman–Crippen LogP) is 6.41. The first-order chi connectivity index (χ1) is 13.1. The average molecular weight is 388 g/mol. The van der Waals surface area contributed by atoms with Crippen LogP contribution in [-0.2, 0) is 14.2 Å². The molecule has 0 fully saturated rings. The molecule has 4 heteroatoms. The molecule has 0 aromatic carbocycles. The van der Waals surface area contributed by atoms with E-state index >= 15 is 0 Å². The molecule has 0 aliphatic carbocycles. The van der Waals surface area contributed by atoms with Crippen molar-refractivity contribution in [1.29, 1.82) is 0 Å². The predicted molar refractivity (Wildman–Crippen MR) is 116 cm³/mol. The van der Waals surface area contributed by atoms with Gasteiger partial charge >= 0.3 is 0 Å². The molecule has 0 aromatic heterocycles. The zero-order chi connectivity index (χ0) is 20.4. The van der Waals surface area contributed by atoms with Gasteiger partial charge in [-0.2, -0.15) is 0 Å². The molecule has 0 spiro atoms. The van der Waals surface area contributed by atoms with Crippen molar-refractivity contribution in [3.05, 3.63) is 0 Å². The third-order valence-electron chi connectivity index (χ3n) is 4.90. The molecule has 2 atom stereocenters. The maximum absolute atomic E-state index is 6.29. The first-order valence-electron chi connectivity index (χ1n) is 11.7. The molecule has 0 radical (unpaired) electrons. The van der Waals surface area contributed by atoms with E-state index in [2.05, 4.69) is 34.6 Å². The molecule has 4 nitrogen and oxygen atoms in total. The van der Waals surface area contributed by atoms with Gasteiger partial charge in [0.15, 0.2) is 0 Å². The highest BCUT2D eigenvalue weighted by Crippen LogP contribution is 2.35. The fourth-order valence-electron chi connectivity index (χ4n) is 3.34. The first-order valence-corrected chi connectivity index (χ1v) is 11.7. The molecule has 2 unspecified atom stereocenters. The van der Waals surface area contributed by atoms with Gasteiger partial charge in [-0.15, -0.1) is 0 Å². The first kappa shape index (κ1) is 26.8. The van der Waals surface area contributed by atoms with Gasteiger partial charge in [-0.25, -0.2) is 0 Å². The maximum Gasteiger partial charge on any atom is 0.285 e. The molecule has 0 rings (SSSR count). The number of nitrogens with two attached hydrogens (primary N) is 1. The third-order valence-corrected chi connectivity index (χ3v) is 4.90. The Bertz CT molecular complexity index is 288. The number of rotatable bonds is 20. The minimum absolute atomic E-state index is 0.193. The van der Waals surface area contributed by atoms with Crippen LogP contribution in [0.15, 0.2) is 0 Å². The Morgan fingerprint density at radius 2 is 1.11 bits per heavy atom. The maximum atomic E-state index is 6.29. The van der Waals surface area contributed by atoms with E-state index in [1.165, 1.54) is 38.5 Å².